The second-order valence-electron chi connectivity index (χ2n) is 3.74. The second-order valence-corrected chi connectivity index (χ2v) is 3.74. The zero-order valence-corrected chi connectivity index (χ0v) is 10.1. The molecule has 0 saturated heterocycles. The highest BCUT2D eigenvalue weighted by Gasteiger charge is 2.12. The number of phenolic OH excluding ortho intramolecular Hbond substituents is 1. The molecule has 0 heterocycles. The third-order valence-corrected chi connectivity index (χ3v) is 2.60. The lowest BCUT2D eigenvalue weighted by Crippen LogP contribution is -1.93. The molecule has 0 unspecified atom stereocenters. The predicted molar refractivity (Wildman–Crippen MR) is 66.6 cm³/mol. The summed E-state index contributed by atoms with van der Waals surface area (Å²) in [6, 6.07) is 9.16. The Morgan fingerprint density at radius 3 is 2.44 bits per heavy atom. The summed E-state index contributed by atoms with van der Waals surface area (Å²) >= 11 is 0. The van der Waals surface area contributed by atoms with Crippen molar-refractivity contribution >= 4 is 0 Å². The molecule has 2 aromatic carbocycles. The number of phenols is 1. The number of benzene rings is 2. The van der Waals surface area contributed by atoms with Crippen molar-refractivity contribution in [1.82, 2.24) is 0 Å². The molecule has 0 radical (unpaired) electrons. The Balaban J connectivity index is 2.63. The number of rotatable bonds is 3. The maximum absolute atomic E-state index is 13.3. The molecule has 0 aliphatic heterocycles. The Hall–Kier alpha value is -2.23. The van der Waals surface area contributed by atoms with Crippen LogP contribution in [0.5, 0.6) is 17.2 Å². The quantitative estimate of drug-likeness (QED) is 0.906. The first-order chi connectivity index (χ1) is 8.65. The van der Waals surface area contributed by atoms with E-state index in [-0.39, 0.29) is 5.75 Å². The van der Waals surface area contributed by atoms with E-state index in [9.17, 15) is 9.50 Å². The van der Waals surface area contributed by atoms with E-state index < -0.39 is 5.82 Å². The molecule has 94 valence electrons. The highest BCUT2D eigenvalue weighted by molar-refractivity contribution is 5.74. The van der Waals surface area contributed by atoms with Gasteiger partial charge in [0.1, 0.15) is 11.6 Å². The number of ether oxygens (including phenoxy) is 2. The highest BCUT2D eigenvalue weighted by Crippen LogP contribution is 2.38. The molecule has 0 aromatic heterocycles. The summed E-state index contributed by atoms with van der Waals surface area (Å²) in [5.41, 5.74) is 1.19. The maximum atomic E-state index is 13.3. The summed E-state index contributed by atoms with van der Waals surface area (Å²) in [5.74, 6) is 0.425. The van der Waals surface area contributed by atoms with Gasteiger partial charge >= 0.3 is 0 Å². The van der Waals surface area contributed by atoms with Gasteiger partial charge in [-0.15, -0.1) is 0 Å². The second kappa shape index (κ2) is 4.96. The van der Waals surface area contributed by atoms with Crippen LogP contribution < -0.4 is 9.47 Å². The van der Waals surface area contributed by atoms with Gasteiger partial charge in [0.2, 0.25) is 0 Å². The van der Waals surface area contributed by atoms with Crippen molar-refractivity contribution in [1.29, 1.82) is 0 Å². The van der Waals surface area contributed by atoms with Crippen LogP contribution in [-0.4, -0.2) is 19.3 Å². The number of hydrogen-bond acceptors (Lipinski definition) is 3. The normalized spacial score (nSPS) is 10.2. The summed E-state index contributed by atoms with van der Waals surface area (Å²) in [6.45, 7) is 0. The van der Waals surface area contributed by atoms with Crippen molar-refractivity contribution in [2.45, 2.75) is 0 Å². The lowest BCUT2D eigenvalue weighted by Gasteiger charge is -2.12. The number of aromatic hydroxyl groups is 1. The Morgan fingerprint density at radius 1 is 1.06 bits per heavy atom. The van der Waals surface area contributed by atoms with Gasteiger partial charge in [-0.05, 0) is 23.8 Å². The lowest BCUT2D eigenvalue weighted by molar-refractivity contribution is 0.356. The van der Waals surface area contributed by atoms with Gasteiger partial charge in [-0.3, -0.25) is 0 Å². The van der Waals surface area contributed by atoms with Crippen LogP contribution in [0.25, 0.3) is 11.1 Å². The van der Waals surface area contributed by atoms with E-state index in [1.165, 1.54) is 26.4 Å². The first-order valence-corrected chi connectivity index (χ1v) is 5.36. The minimum absolute atomic E-state index is 0.130. The highest BCUT2D eigenvalue weighted by atomic mass is 19.1. The molecule has 0 amide bonds. The van der Waals surface area contributed by atoms with Crippen molar-refractivity contribution in [2.24, 2.45) is 0 Å². The van der Waals surface area contributed by atoms with E-state index in [0.29, 0.717) is 22.6 Å². The van der Waals surface area contributed by atoms with Crippen molar-refractivity contribution < 1.29 is 19.0 Å². The van der Waals surface area contributed by atoms with E-state index >= 15 is 0 Å². The standard InChI is InChI=1S/C14H13FO3/c1-17-13-5-3-4-12(14(13)18-2)9-6-10(15)8-11(16)7-9/h3-8,16H,1-2H3. The Labute approximate surface area is 104 Å². The fourth-order valence-electron chi connectivity index (χ4n) is 1.84. The topological polar surface area (TPSA) is 38.7 Å². The molecular weight excluding hydrogens is 235 g/mol. The Kier molecular flexibility index (Phi) is 3.37. The third-order valence-electron chi connectivity index (χ3n) is 2.60. The zero-order chi connectivity index (χ0) is 13.1. The molecule has 1 N–H and O–H groups in total. The van der Waals surface area contributed by atoms with Gasteiger partial charge < -0.3 is 14.6 Å². The van der Waals surface area contributed by atoms with Gasteiger partial charge in [0.25, 0.3) is 0 Å². The molecule has 0 saturated carbocycles. The molecule has 0 bridgehead atoms. The van der Waals surface area contributed by atoms with Gasteiger partial charge in [-0.1, -0.05) is 12.1 Å². The van der Waals surface area contributed by atoms with E-state index in [1.807, 2.05) is 0 Å². The number of para-hydroxylation sites is 1. The molecule has 0 spiro atoms. The fourth-order valence-corrected chi connectivity index (χ4v) is 1.84. The smallest absolute Gasteiger partial charge is 0.168 e. The molecule has 0 aliphatic rings. The van der Waals surface area contributed by atoms with Gasteiger partial charge in [0.15, 0.2) is 11.5 Å². The van der Waals surface area contributed by atoms with Crippen molar-refractivity contribution in [3.05, 3.63) is 42.2 Å². The minimum Gasteiger partial charge on any atom is -0.508 e. The third kappa shape index (κ3) is 2.22. The monoisotopic (exact) mass is 248 g/mol. The SMILES string of the molecule is COc1cccc(-c2cc(O)cc(F)c2)c1OC. The van der Waals surface area contributed by atoms with Gasteiger partial charge in [0.05, 0.1) is 14.2 Å². The average Bonchev–Trinajstić information content (AvgIpc) is 2.36. The van der Waals surface area contributed by atoms with Crippen molar-refractivity contribution in [3.63, 3.8) is 0 Å². The van der Waals surface area contributed by atoms with Crippen molar-refractivity contribution in [2.75, 3.05) is 14.2 Å². The van der Waals surface area contributed by atoms with Crippen LogP contribution in [0.15, 0.2) is 36.4 Å². The summed E-state index contributed by atoms with van der Waals surface area (Å²) in [4.78, 5) is 0. The minimum atomic E-state index is -0.505. The van der Waals surface area contributed by atoms with Gasteiger partial charge in [0, 0.05) is 11.6 Å². The summed E-state index contributed by atoms with van der Waals surface area (Å²) < 4.78 is 23.7. The van der Waals surface area contributed by atoms with Crippen LogP contribution >= 0.6 is 0 Å². The first kappa shape index (κ1) is 12.2. The van der Waals surface area contributed by atoms with Crippen LogP contribution in [0.3, 0.4) is 0 Å². The first-order valence-electron chi connectivity index (χ1n) is 5.36. The molecule has 18 heavy (non-hydrogen) atoms. The Bertz CT molecular complexity index is 547. The van der Waals surface area contributed by atoms with E-state index in [0.717, 1.165) is 6.07 Å². The van der Waals surface area contributed by atoms with Crippen molar-refractivity contribution in [3.8, 4) is 28.4 Å². The van der Waals surface area contributed by atoms with Gasteiger partial charge in [-0.2, -0.15) is 0 Å². The van der Waals surface area contributed by atoms with Crippen LogP contribution in [0.1, 0.15) is 0 Å². The molecule has 3 nitrogen and oxygen atoms in total. The summed E-state index contributed by atoms with van der Waals surface area (Å²) in [5, 5.41) is 9.43. The lowest BCUT2D eigenvalue weighted by atomic mass is 10.0. The molecular formula is C14H13FO3. The molecule has 4 heteroatoms. The van der Waals surface area contributed by atoms with Crippen LogP contribution in [0, 0.1) is 5.82 Å². The van der Waals surface area contributed by atoms with Crippen LogP contribution in [-0.2, 0) is 0 Å². The van der Waals surface area contributed by atoms with Gasteiger partial charge in [-0.25, -0.2) is 4.39 Å². The molecule has 0 fully saturated rings. The van der Waals surface area contributed by atoms with E-state index in [1.54, 1.807) is 18.2 Å². The largest absolute Gasteiger partial charge is 0.508 e. The van der Waals surface area contributed by atoms with E-state index in [4.69, 9.17) is 9.47 Å². The Morgan fingerprint density at radius 2 is 1.83 bits per heavy atom. The predicted octanol–water partition coefficient (Wildman–Crippen LogP) is 3.22. The summed E-state index contributed by atoms with van der Waals surface area (Å²) in [7, 11) is 3.05. The average molecular weight is 248 g/mol. The summed E-state index contributed by atoms with van der Waals surface area (Å²) in [6.07, 6.45) is 0. The molecule has 2 aromatic rings. The fraction of sp³-hybridized carbons (Fsp3) is 0.143. The van der Waals surface area contributed by atoms with Crippen LogP contribution in [0.4, 0.5) is 4.39 Å². The molecule has 0 aliphatic carbocycles. The molecule has 0 atom stereocenters. The number of halogens is 1. The molecule has 2 rings (SSSR count). The van der Waals surface area contributed by atoms with E-state index in [2.05, 4.69) is 0 Å². The number of hydrogen-bond donors (Lipinski definition) is 1. The zero-order valence-electron chi connectivity index (χ0n) is 10.1. The number of methoxy groups -OCH3 is 2. The maximum Gasteiger partial charge on any atom is 0.168 e. The van der Waals surface area contributed by atoms with Crippen LogP contribution in [0.2, 0.25) is 0 Å².